The normalized spacial score (nSPS) is 24.1. The molecule has 3 atom stereocenters. The van der Waals surface area contributed by atoms with Crippen molar-refractivity contribution < 1.29 is 9.53 Å². The Morgan fingerprint density at radius 2 is 2.16 bits per heavy atom. The topological polar surface area (TPSA) is 64.3 Å². The summed E-state index contributed by atoms with van der Waals surface area (Å²) in [5.74, 6) is 0.0786. The summed E-state index contributed by atoms with van der Waals surface area (Å²) < 4.78 is 5.56. The van der Waals surface area contributed by atoms with Crippen LogP contribution in [0.2, 0.25) is 0 Å². The number of rotatable bonds is 4. The van der Waals surface area contributed by atoms with Gasteiger partial charge in [-0.15, -0.1) is 0 Å². The van der Waals surface area contributed by atoms with E-state index in [4.69, 9.17) is 10.5 Å². The van der Waals surface area contributed by atoms with E-state index in [0.29, 0.717) is 6.61 Å². The zero-order chi connectivity index (χ0) is 13.8. The molecule has 0 aromatic heterocycles. The summed E-state index contributed by atoms with van der Waals surface area (Å²) in [6.07, 6.45) is 1.77. The zero-order valence-electron chi connectivity index (χ0n) is 11.6. The molecule has 104 valence electrons. The molecule has 4 heteroatoms. The molecule has 0 spiro atoms. The molecule has 1 aromatic rings. The van der Waals surface area contributed by atoms with Crippen LogP contribution in [-0.4, -0.2) is 18.6 Å². The van der Waals surface area contributed by atoms with Gasteiger partial charge in [0.15, 0.2) is 0 Å². The minimum absolute atomic E-state index is 0.00814. The summed E-state index contributed by atoms with van der Waals surface area (Å²) in [6, 6.07) is 7.59. The van der Waals surface area contributed by atoms with Gasteiger partial charge in [-0.05, 0) is 37.5 Å². The maximum atomic E-state index is 12.2. The fourth-order valence-corrected chi connectivity index (χ4v) is 2.54. The summed E-state index contributed by atoms with van der Waals surface area (Å²) in [6.45, 7) is 4.73. The lowest BCUT2D eigenvalue weighted by atomic mass is 9.97. The molecule has 1 amide bonds. The Morgan fingerprint density at radius 1 is 1.47 bits per heavy atom. The van der Waals surface area contributed by atoms with Gasteiger partial charge in [0, 0.05) is 12.3 Å². The second-order valence-electron chi connectivity index (χ2n) is 5.11. The highest BCUT2D eigenvalue weighted by molar-refractivity contribution is 5.80. The Morgan fingerprint density at radius 3 is 2.79 bits per heavy atom. The van der Waals surface area contributed by atoms with E-state index in [0.717, 1.165) is 24.1 Å². The van der Waals surface area contributed by atoms with E-state index in [1.54, 1.807) is 0 Å². The molecule has 1 heterocycles. The first-order chi connectivity index (χ1) is 9.11. The molecule has 1 saturated heterocycles. The van der Waals surface area contributed by atoms with Crippen molar-refractivity contribution in [3.8, 4) is 0 Å². The van der Waals surface area contributed by atoms with E-state index in [9.17, 15) is 4.79 Å². The van der Waals surface area contributed by atoms with Gasteiger partial charge in [0.25, 0.3) is 0 Å². The van der Waals surface area contributed by atoms with Gasteiger partial charge in [-0.3, -0.25) is 4.79 Å². The number of nitrogens with one attached hydrogen (secondary N) is 1. The molecule has 2 rings (SSSR count). The molecule has 19 heavy (non-hydrogen) atoms. The maximum Gasteiger partial charge on any atom is 0.226 e. The van der Waals surface area contributed by atoms with Crippen LogP contribution in [0.1, 0.15) is 38.3 Å². The van der Waals surface area contributed by atoms with E-state index >= 15 is 0 Å². The second-order valence-corrected chi connectivity index (χ2v) is 5.11. The minimum atomic E-state index is -0.0127. The first-order valence-corrected chi connectivity index (χ1v) is 6.89. The first-order valence-electron chi connectivity index (χ1n) is 6.89. The summed E-state index contributed by atoms with van der Waals surface area (Å²) in [7, 11) is 0. The second kappa shape index (κ2) is 6.06. The van der Waals surface area contributed by atoms with Crippen LogP contribution in [0.15, 0.2) is 24.3 Å². The number of hydrogen-bond donors (Lipinski definition) is 2. The molecule has 0 saturated carbocycles. The lowest BCUT2D eigenvalue weighted by molar-refractivity contribution is -0.127. The van der Waals surface area contributed by atoms with Gasteiger partial charge in [0.1, 0.15) is 0 Å². The zero-order valence-corrected chi connectivity index (χ0v) is 11.6. The number of benzene rings is 1. The number of anilines is 1. The van der Waals surface area contributed by atoms with Crippen LogP contribution in [0.5, 0.6) is 0 Å². The van der Waals surface area contributed by atoms with Crippen molar-refractivity contribution in [1.82, 2.24) is 5.32 Å². The van der Waals surface area contributed by atoms with Crippen molar-refractivity contribution in [3.05, 3.63) is 29.8 Å². The van der Waals surface area contributed by atoms with Crippen LogP contribution in [0.25, 0.3) is 0 Å². The molecular weight excluding hydrogens is 240 g/mol. The van der Waals surface area contributed by atoms with Gasteiger partial charge in [0.05, 0.1) is 18.1 Å². The molecule has 4 nitrogen and oxygen atoms in total. The number of nitrogen functional groups attached to an aromatic ring is 1. The van der Waals surface area contributed by atoms with Crippen molar-refractivity contribution in [3.63, 3.8) is 0 Å². The van der Waals surface area contributed by atoms with Crippen molar-refractivity contribution in [2.24, 2.45) is 5.92 Å². The fraction of sp³-hybridized carbons (Fsp3) is 0.533. The summed E-state index contributed by atoms with van der Waals surface area (Å²) in [4.78, 5) is 12.2. The number of hydrogen-bond acceptors (Lipinski definition) is 3. The SMILES string of the molecule is CCC1OCCC1C(=O)NC(C)c1ccc(N)cc1. The molecule has 0 aliphatic carbocycles. The van der Waals surface area contributed by atoms with Gasteiger partial charge in [-0.1, -0.05) is 19.1 Å². The van der Waals surface area contributed by atoms with Crippen LogP contribution >= 0.6 is 0 Å². The monoisotopic (exact) mass is 262 g/mol. The molecule has 0 radical (unpaired) electrons. The molecule has 1 fully saturated rings. The number of carbonyl (C=O) groups excluding carboxylic acids is 1. The third kappa shape index (κ3) is 3.26. The van der Waals surface area contributed by atoms with Crippen molar-refractivity contribution in [1.29, 1.82) is 0 Å². The van der Waals surface area contributed by atoms with E-state index in [-0.39, 0.29) is 24.0 Å². The largest absolute Gasteiger partial charge is 0.399 e. The first kappa shape index (κ1) is 13.9. The highest BCUT2D eigenvalue weighted by Crippen LogP contribution is 2.24. The predicted octanol–water partition coefficient (Wildman–Crippen LogP) is 2.26. The fourth-order valence-electron chi connectivity index (χ4n) is 2.54. The Balaban J connectivity index is 1.96. The van der Waals surface area contributed by atoms with Gasteiger partial charge in [-0.25, -0.2) is 0 Å². The average Bonchev–Trinajstić information content (AvgIpc) is 2.87. The van der Waals surface area contributed by atoms with Crippen LogP contribution in [0.3, 0.4) is 0 Å². The minimum Gasteiger partial charge on any atom is -0.399 e. The number of carbonyl (C=O) groups is 1. The smallest absolute Gasteiger partial charge is 0.226 e. The Hall–Kier alpha value is -1.55. The van der Waals surface area contributed by atoms with Crippen LogP contribution in [-0.2, 0) is 9.53 Å². The van der Waals surface area contributed by atoms with Crippen molar-refractivity contribution in [2.45, 2.75) is 38.8 Å². The lowest BCUT2D eigenvalue weighted by Crippen LogP contribution is -2.36. The van der Waals surface area contributed by atoms with Gasteiger partial charge in [-0.2, -0.15) is 0 Å². The maximum absolute atomic E-state index is 12.2. The predicted molar refractivity (Wildman–Crippen MR) is 75.6 cm³/mol. The highest BCUT2D eigenvalue weighted by Gasteiger charge is 2.33. The third-order valence-corrected chi connectivity index (χ3v) is 3.74. The summed E-state index contributed by atoms with van der Waals surface area (Å²) in [5.41, 5.74) is 7.46. The molecular formula is C15H22N2O2. The third-order valence-electron chi connectivity index (χ3n) is 3.74. The lowest BCUT2D eigenvalue weighted by Gasteiger charge is -2.20. The number of nitrogens with two attached hydrogens (primary N) is 1. The molecule has 3 unspecified atom stereocenters. The Kier molecular flexibility index (Phi) is 4.43. The highest BCUT2D eigenvalue weighted by atomic mass is 16.5. The average molecular weight is 262 g/mol. The number of amides is 1. The Bertz CT molecular complexity index is 430. The molecule has 0 bridgehead atoms. The van der Waals surface area contributed by atoms with Crippen molar-refractivity contribution >= 4 is 11.6 Å². The van der Waals surface area contributed by atoms with E-state index in [2.05, 4.69) is 12.2 Å². The summed E-state index contributed by atoms with van der Waals surface area (Å²) >= 11 is 0. The van der Waals surface area contributed by atoms with Gasteiger partial charge in [0.2, 0.25) is 5.91 Å². The van der Waals surface area contributed by atoms with E-state index in [1.807, 2.05) is 31.2 Å². The Labute approximate surface area is 114 Å². The van der Waals surface area contributed by atoms with Crippen molar-refractivity contribution in [2.75, 3.05) is 12.3 Å². The molecule has 1 aromatic carbocycles. The number of ether oxygens (including phenoxy) is 1. The quantitative estimate of drug-likeness (QED) is 0.818. The van der Waals surface area contributed by atoms with Crippen LogP contribution in [0.4, 0.5) is 5.69 Å². The van der Waals surface area contributed by atoms with Gasteiger partial charge >= 0.3 is 0 Å². The molecule has 3 N–H and O–H groups in total. The van der Waals surface area contributed by atoms with E-state index in [1.165, 1.54) is 0 Å². The standard InChI is InChI=1S/C15H22N2O2/c1-3-14-13(8-9-19-14)15(18)17-10(2)11-4-6-12(16)7-5-11/h4-7,10,13-14H,3,8-9,16H2,1-2H3,(H,17,18). The molecule has 1 aliphatic heterocycles. The van der Waals surface area contributed by atoms with Crippen LogP contribution in [0, 0.1) is 5.92 Å². The summed E-state index contributed by atoms with van der Waals surface area (Å²) in [5, 5.41) is 3.06. The van der Waals surface area contributed by atoms with Crippen LogP contribution < -0.4 is 11.1 Å². The van der Waals surface area contributed by atoms with Gasteiger partial charge < -0.3 is 15.8 Å². The van der Waals surface area contributed by atoms with E-state index < -0.39 is 0 Å². The molecule has 1 aliphatic rings.